The van der Waals surface area contributed by atoms with Crippen molar-refractivity contribution in [2.75, 3.05) is 23.3 Å². The molecule has 2 N–H and O–H groups in total. The molecule has 0 radical (unpaired) electrons. The molecule has 0 saturated heterocycles. The van der Waals surface area contributed by atoms with Gasteiger partial charge in [0.15, 0.2) is 0 Å². The van der Waals surface area contributed by atoms with E-state index in [1.54, 1.807) is 43.3 Å². The fraction of sp³-hybridized carbons (Fsp3) is 0.200. The molecular formula is C25H23ClN2O6S. The number of amides is 1. The van der Waals surface area contributed by atoms with E-state index in [0.29, 0.717) is 24.2 Å². The number of hydrogen-bond acceptors (Lipinski definition) is 5. The Labute approximate surface area is 208 Å². The Bertz CT molecular complexity index is 1440. The number of sulfonamides is 1. The molecule has 1 aliphatic rings. The number of hydrogen-bond donors (Lipinski definition) is 2. The van der Waals surface area contributed by atoms with Crippen LogP contribution in [0.2, 0.25) is 5.02 Å². The first-order valence-corrected chi connectivity index (χ1v) is 12.6. The number of carboxylic acids is 1. The standard InChI is InChI=1S/C25H23ClN2O6S/c1-15-5-10-22(34-2)23(12-15)35(32,33)28-11-3-4-16-6-7-17(13-21(16)28)24(29)27-18-8-9-19(25(30)31)20(26)14-18/h5-10,12-14H,3-4,11H2,1-2H3,(H,27,29)(H,30,31). The summed E-state index contributed by atoms with van der Waals surface area (Å²) in [5, 5.41) is 11.8. The van der Waals surface area contributed by atoms with Gasteiger partial charge in [0.25, 0.3) is 15.9 Å². The highest BCUT2D eigenvalue weighted by atomic mass is 35.5. The summed E-state index contributed by atoms with van der Waals surface area (Å²) in [7, 11) is -2.53. The van der Waals surface area contributed by atoms with E-state index >= 15 is 0 Å². The number of carbonyl (C=O) groups is 2. The van der Waals surface area contributed by atoms with Crippen LogP contribution >= 0.6 is 11.6 Å². The van der Waals surface area contributed by atoms with Gasteiger partial charge in [0.05, 0.1) is 23.4 Å². The molecule has 0 fully saturated rings. The summed E-state index contributed by atoms with van der Waals surface area (Å²) in [6, 6.07) is 14.0. The molecule has 0 aromatic heterocycles. The van der Waals surface area contributed by atoms with Gasteiger partial charge in [0.1, 0.15) is 10.6 Å². The van der Waals surface area contributed by atoms with Crippen molar-refractivity contribution in [2.45, 2.75) is 24.7 Å². The number of anilines is 2. The minimum atomic E-state index is -3.96. The Morgan fingerprint density at radius 2 is 1.86 bits per heavy atom. The summed E-state index contributed by atoms with van der Waals surface area (Å²) >= 11 is 6.00. The first-order valence-electron chi connectivity index (χ1n) is 10.8. The van der Waals surface area contributed by atoms with Gasteiger partial charge in [0.2, 0.25) is 0 Å². The highest BCUT2D eigenvalue weighted by Crippen LogP contribution is 2.36. The first kappa shape index (κ1) is 24.6. The quantitative estimate of drug-likeness (QED) is 0.491. The number of aryl methyl sites for hydroxylation is 2. The first-order chi connectivity index (χ1) is 16.6. The molecular weight excluding hydrogens is 492 g/mol. The number of halogens is 1. The maximum absolute atomic E-state index is 13.7. The summed E-state index contributed by atoms with van der Waals surface area (Å²) < 4.78 is 33.9. The minimum absolute atomic E-state index is 0.00916. The summed E-state index contributed by atoms with van der Waals surface area (Å²) in [6.45, 7) is 2.07. The van der Waals surface area contributed by atoms with E-state index in [2.05, 4.69) is 5.32 Å². The van der Waals surface area contributed by atoms with Gasteiger partial charge in [-0.3, -0.25) is 9.10 Å². The van der Waals surface area contributed by atoms with Crippen LogP contribution in [0, 0.1) is 6.92 Å². The molecule has 0 atom stereocenters. The van der Waals surface area contributed by atoms with Crippen LogP contribution in [0.15, 0.2) is 59.5 Å². The van der Waals surface area contributed by atoms with Crippen LogP contribution in [0.3, 0.4) is 0 Å². The number of aromatic carboxylic acids is 1. The number of carbonyl (C=O) groups excluding carboxylic acids is 1. The third kappa shape index (κ3) is 4.82. The predicted octanol–water partition coefficient (Wildman–Crippen LogP) is 4.75. The van der Waals surface area contributed by atoms with Gasteiger partial charge in [-0.05, 0) is 73.4 Å². The lowest BCUT2D eigenvalue weighted by Crippen LogP contribution is -2.36. The molecule has 1 heterocycles. The largest absolute Gasteiger partial charge is 0.495 e. The monoisotopic (exact) mass is 514 g/mol. The lowest BCUT2D eigenvalue weighted by atomic mass is 10.0. The summed E-state index contributed by atoms with van der Waals surface area (Å²) in [6.07, 6.45) is 1.32. The van der Waals surface area contributed by atoms with Gasteiger partial charge in [-0.1, -0.05) is 23.7 Å². The molecule has 1 aliphatic heterocycles. The van der Waals surface area contributed by atoms with E-state index < -0.39 is 21.9 Å². The van der Waals surface area contributed by atoms with Crippen molar-refractivity contribution in [3.8, 4) is 5.75 Å². The second-order valence-corrected chi connectivity index (χ2v) is 10.4. The SMILES string of the molecule is COc1ccc(C)cc1S(=O)(=O)N1CCCc2ccc(C(=O)Nc3ccc(C(=O)O)c(Cl)c3)cc21. The van der Waals surface area contributed by atoms with Gasteiger partial charge < -0.3 is 15.2 Å². The van der Waals surface area contributed by atoms with Crippen LogP contribution in [0.4, 0.5) is 11.4 Å². The third-order valence-corrected chi connectivity index (χ3v) is 7.92. The van der Waals surface area contributed by atoms with E-state index in [4.69, 9.17) is 21.4 Å². The number of methoxy groups -OCH3 is 1. The number of ether oxygens (including phenoxy) is 1. The number of benzene rings is 3. The van der Waals surface area contributed by atoms with Crippen molar-refractivity contribution in [3.05, 3.63) is 81.9 Å². The fourth-order valence-corrected chi connectivity index (χ4v) is 6.04. The molecule has 0 unspecified atom stereocenters. The normalized spacial score (nSPS) is 13.2. The highest BCUT2D eigenvalue weighted by molar-refractivity contribution is 7.93. The Balaban J connectivity index is 1.68. The number of fused-ring (bicyclic) bond motifs is 1. The zero-order chi connectivity index (χ0) is 25.3. The number of nitrogens with zero attached hydrogens (tertiary/aromatic N) is 1. The molecule has 182 valence electrons. The zero-order valence-corrected chi connectivity index (χ0v) is 20.6. The van der Waals surface area contributed by atoms with E-state index in [1.165, 1.54) is 29.6 Å². The lowest BCUT2D eigenvalue weighted by Gasteiger charge is -2.31. The smallest absolute Gasteiger partial charge is 0.337 e. The second kappa shape index (κ2) is 9.59. The van der Waals surface area contributed by atoms with Gasteiger partial charge in [0, 0.05) is 17.8 Å². The highest BCUT2D eigenvalue weighted by Gasteiger charge is 2.32. The van der Waals surface area contributed by atoms with Gasteiger partial charge >= 0.3 is 5.97 Å². The Morgan fingerprint density at radius 1 is 1.09 bits per heavy atom. The van der Waals surface area contributed by atoms with Crippen molar-refractivity contribution < 1.29 is 27.9 Å². The van der Waals surface area contributed by atoms with Crippen LogP contribution in [0.1, 0.15) is 38.3 Å². The average molecular weight is 515 g/mol. The van der Waals surface area contributed by atoms with Crippen LogP contribution in [0.5, 0.6) is 5.75 Å². The van der Waals surface area contributed by atoms with Crippen LogP contribution in [-0.4, -0.2) is 39.1 Å². The predicted molar refractivity (Wildman–Crippen MR) is 133 cm³/mol. The molecule has 0 saturated carbocycles. The summed E-state index contributed by atoms with van der Waals surface area (Å²) in [5.41, 5.74) is 2.52. The van der Waals surface area contributed by atoms with Crippen molar-refractivity contribution in [2.24, 2.45) is 0 Å². The maximum Gasteiger partial charge on any atom is 0.337 e. The lowest BCUT2D eigenvalue weighted by molar-refractivity contribution is 0.0697. The number of nitrogens with one attached hydrogen (secondary N) is 1. The maximum atomic E-state index is 13.7. The van der Waals surface area contributed by atoms with Crippen LogP contribution < -0.4 is 14.4 Å². The van der Waals surface area contributed by atoms with Crippen molar-refractivity contribution >= 4 is 44.9 Å². The van der Waals surface area contributed by atoms with Crippen molar-refractivity contribution in [3.63, 3.8) is 0 Å². The molecule has 4 rings (SSSR count). The molecule has 1 amide bonds. The Hall–Kier alpha value is -3.56. The third-order valence-electron chi connectivity index (χ3n) is 5.77. The molecule has 8 nitrogen and oxygen atoms in total. The summed E-state index contributed by atoms with van der Waals surface area (Å²) in [4.78, 5) is 24.2. The summed E-state index contributed by atoms with van der Waals surface area (Å²) in [5.74, 6) is -1.41. The minimum Gasteiger partial charge on any atom is -0.495 e. The molecule has 3 aromatic rings. The Kier molecular flexibility index (Phi) is 6.73. The molecule has 3 aromatic carbocycles. The molecule has 35 heavy (non-hydrogen) atoms. The van der Waals surface area contributed by atoms with E-state index in [9.17, 15) is 18.0 Å². The van der Waals surface area contributed by atoms with Crippen LogP contribution in [0.25, 0.3) is 0 Å². The van der Waals surface area contributed by atoms with Gasteiger partial charge in [-0.2, -0.15) is 0 Å². The van der Waals surface area contributed by atoms with Gasteiger partial charge in [-0.15, -0.1) is 0 Å². The average Bonchev–Trinajstić information content (AvgIpc) is 2.83. The molecule has 0 aliphatic carbocycles. The van der Waals surface area contributed by atoms with Gasteiger partial charge in [-0.25, -0.2) is 13.2 Å². The fourth-order valence-electron chi connectivity index (χ4n) is 4.01. The van der Waals surface area contributed by atoms with E-state index in [0.717, 1.165) is 11.1 Å². The van der Waals surface area contributed by atoms with Crippen molar-refractivity contribution in [1.29, 1.82) is 0 Å². The van der Waals surface area contributed by atoms with E-state index in [1.807, 2.05) is 0 Å². The molecule has 0 bridgehead atoms. The van der Waals surface area contributed by atoms with Crippen LogP contribution in [-0.2, 0) is 16.4 Å². The van der Waals surface area contributed by atoms with E-state index in [-0.39, 0.29) is 33.3 Å². The number of rotatable bonds is 6. The number of carboxylic acid groups (broad SMARTS) is 1. The molecule has 10 heteroatoms. The zero-order valence-electron chi connectivity index (χ0n) is 19.0. The Morgan fingerprint density at radius 3 is 2.54 bits per heavy atom. The molecule has 0 spiro atoms. The van der Waals surface area contributed by atoms with Crippen molar-refractivity contribution in [1.82, 2.24) is 0 Å². The second-order valence-electron chi connectivity index (χ2n) is 8.13. The topological polar surface area (TPSA) is 113 Å².